The van der Waals surface area contributed by atoms with Gasteiger partial charge in [-0.05, 0) is 29.9 Å². The Morgan fingerprint density at radius 1 is 1.50 bits per heavy atom. The van der Waals surface area contributed by atoms with Crippen molar-refractivity contribution in [3.63, 3.8) is 0 Å². The summed E-state index contributed by atoms with van der Waals surface area (Å²) in [5, 5.41) is 9.40. The van der Waals surface area contributed by atoms with Crippen LogP contribution in [0.1, 0.15) is 43.4 Å². The highest BCUT2D eigenvalue weighted by Gasteiger charge is 2.45. The van der Waals surface area contributed by atoms with Gasteiger partial charge in [0.15, 0.2) is 0 Å². The minimum Gasteiger partial charge on any atom is -0.478 e. The minimum absolute atomic E-state index is 0.355. The lowest BCUT2D eigenvalue weighted by molar-refractivity contribution is 0.0698. The van der Waals surface area contributed by atoms with E-state index >= 15 is 0 Å². The zero-order chi connectivity index (χ0) is 14.5. The highest BCUT2D eigenvalue weighted by Crippen LogP contribution is 2.52. The number of carboxylic acids is 1. The highest BCUT2D eigenvalue weighted by atomic mass is 16.4. The second kappa shape index (κ2) is 4.33. The first-order chi connectivity index (χ1) is 9.44. The number of nitrogens with zero attached hydrogens (tertiary/aromatic N) is 2. The summed E-state index contributed by atoms with van der Waals surface area (Å²) in [6.45, 7) is 7.47. The molecule has 0 spiro atoms. The fraction of sp³-hybridized carbons (Fsp3) is 0.500. The summed E-state index contributed by atoms with van der Waals surface area (Å²) in [7, 11) is 0. The SMILES string of the molecule is CCc1nc2cccc(C(=O)O)c2n1CC1CC1(C)C. The number of para-hydroxylation sites is 1. The van der Waals surface area contributed by atoms with Crippen LogP contribution < -0.4 is 0 Å². The maximum absolute atomic E-state index is 11.5. The number of rotatable bonds is 4. The van der Waals surface area contributed by atoms with Crippen molar-refractivity contribution >= 4 is 17.0 Å². The Kier molecular flexibility index (Phi) is 2.85. The molecule has 0 radical (unpaired) electrons. The number of aromatic nitrogens is 2. The van der Waals surface area contributed by atoms with Gasteiger partial charge in [-0.15, -0.1) is 0 Å². The maximum atomic E-state index is 11.5. The number of imidazole rings is 1. The highest BCUT2D eigenvalue weighted by molar-refractivity contribution is 6.01. The second-order valence-corrected chi connectivity index (χ2v) is 6.36. The molecule has 3 rings (SSSR count). The molecule has 1 unspecified atom stereocenters. The molecule has 0 amide bonds. The first-order valence-corrected chi connectivity index (χ1v) is 7.15. The van der Waals surface area contributed by atoms with Crippen molar-refractivity contribution in [1.82, 2.24) is 9.55 Å². The first-order valence-electron chi connectivity index (χ1n) is 7.15. The van der Waals surface area contributed by atoms with Crippen LogP contribution in [-0.4, -0.2) is 20.6 Å². The van der Waals surface area contributed by atoms with Crippen molar-refractivity contribution in [1.29, 1.82) is 0 Å². The van der Waals surface area contributed by atoms with E-state index in [4.69, 9.17) is 0 Å². The molecular weight excluding hydrogens is 252 g/mol. The van der Waals surface area contributed by atoms with Gasteiger partial charge < -0.3 is 9.67 Å². The fourth-order valence-electron chi connectivity index (χ4n) is 2.98. The van der Waals surface area contributed by atoms with Gasteiger partial charge in [-0.3, -0.25) is 0 Å². The summed E-state index contributed by atoms with van der Waals surface area (Å²) in [6, 6.07) is 5.33. The predicted octanol–water partition coefficient (Wildman–Crippen LogP) is 3.34. The number of aryl methyl sites for hydroxylation is 1. The minimum atomic E-state index is -0.880. The van der Waals surface area contributed by atoms with Gasteiger partial charge >= 0.3 is 5.97 Å². The smallest absolute Gasteiger partial charge is 0.337 e. The molecule has 0 saturated heterocycles. The molecule has 4 heteroatoms. The van der Waals surface area contributed by atoms with Gasteiger partial charge in [0.05, 0.1) is 16.6 Å². The van der Waals surface area contributed by atoms with Gasteiger partial charge in [-0.1, -0.05) is 26.8 Å². The molecule has 4 nitrogen and oxygen atoms in total. The summed E-state index contributed by atoms with van der Waals surface area (Å²) >= 11 is 0. The zero-order valence-corrected chi connectivity index (χ0v) is 12.2. The van der Waals surface area contributed by atoms with Crippen LogP contribution in [0, 0.1) is 11.3 Å². The number of hydrogen-bond donors (Lipinski definition) is 1. The van der Waals surface area contributed by atoms with E-state index in [9.17, 15) is 9.90 Å². The average molecular weight is 272 g/mol. The zero-order valence-electron chi connectivity index (χ0n) is 12.2. The van der Waals surface area contributed by atoms with Crippen LogP contribution in [-0.2, 0) is 13.0 Å². The second-order valence-electron chi connectivity index (χ2n) is 6.36. The molecule has 1 fully saturated rings. The molecular formula is C16H20N2O2. The van der Waals surface area contributed by atoms with Gasteiger partial charge in [0.25, 0.3) is 0 Å². The molecule has 1 saturated carbocycles. The Morgan fingerprint density at radius 2 is 2.20 bits per heavy atom. The summed E-state index contributed by atoms with van der Waals surface area (Å²) < 4.78 is 2.12. The number of carbonyl (C=O) groups is 1. The van der Waals surface area contributed by atoms with Crippen molar-refractivity contribution in [2.24, 2.45) is 11.3 Å². The Morgan fingerprint density at radius 3 is 2.75 bits per heavy atom. The summed E-state index contributed by atoms with van der Waals surface area (Å²) in [5.41, 5.74) is 2.30. The van der Waals surface area contributed by atoms with Crippen LogP contribution in [0.2, 0.25) is 0 Å². The van der Waals surface area contributed by atoms with E-state index in [0.717, 1.165) is 29.8 Å². The Hall–Kier alpha value is -1.84. The van der Waals surface area contributed by atoms with Crippen LogP contribution in [0.5, 0.6) is 0 Å². The van der Waals surface area contributed by atoms with E-state index < -0.39 is 5.97 Å². The Bertz CT molecular complexity index is 685. The van der Waals surface area contributed by atoms with Crippen molar-refractivity contribution < 1.29 is 9.90 Å². The largest absolute Gasteiger partial charge is 0.478 e. The van der Waals surface area contributed by atoms with E-state index in [1.54, 1.807) is 12.1 Å². The van der Waals surface area contributed by atoms with Crippen LogP contribution >= 0.6 is 0 Å². The lowest BCUT2D eigenvalue weighted by Gasteiger charge is -2.11. The van der Waals surface area contributed by atoms with Gasteiger partial charge in [0, 0.05) is 13.0 Å². The molecule has 1 aromatic carbocycles. The molecule has 0 bridgehead atoms. The molecule has 20 heavy (non-hydrogen) atoms. The number of fused-ring (bicyclic) bond motifs is 1. The number of aromatic carboxylic acids is 1. The monoisotopic (exact) mass is 272 g/mol. The predicted molar refractivity (Wildman–Crippen MR) is 78.0 cm³/mol. The van der Waals surface area contributed by atoms with Crippen LogP contribution in [0.4, 0.5) is 0 Å². The van der Waals surface area contributed by atoms with Gasteiger partial charge in [-0.2, -0.15) is 0 Å². The molecule has 2 aromatic rings. The normalized spacial score (nSPS) is 20.2. The van der Waals surface area contributed by atoms with E-state index in [2.05, 4.69) is 30.3 Å². The van der Waals surface area contributed by atoms with E-state index in [1.807, 2.05) is 6.07 Å². The van der Waals surface area contributed by atoms with Gasteiger partial charge in [0.1, 0.15) is 5.82 Å². The Balaban J connectivity index is 2.14. The number of carboxylic acid groups (broad SMARTS) is 1. The third-order valence-electron chi connectivity index (χ3n) is 4.51. The van der Waals surface area contributed by atoms with Gasteiger partial charge in [0.2, 0.25) is 0 Å². The molecule has 1 heterocycles. The quantitative estimate of drug-likeness (QED) is 0.928. The summed E-state index contributed by atoms with van der Waals surface area (Å²) in [6.07, 6.45) is 2.02. The van der Waals surface area contributed by atoms with E-state index in [-0.39, 0.29) is 0 Å². The third-order valence-corrected chi connectivity index (χ3v) is 4.51. The fourth-order valence-corrected chi connectivity index (χ4v) is 2.98. The van der Waals surface area contributed by atoms with E-state index in [0.29, 0.717) is 16.9 Å². The summed E-state index contributed by atoms with van der Waals surface area (Å²) in [5.74, 6) is 0.720. The molecule has 1 aliphatic rings. The lowest BCUT2D eigenvalue weighted by Crippen LogP contribution is -2.10. The van der Waals surface area contributed by atoms with Crippen LogP contribution in [0.3, 0.4) is 0 Å². The molecule has 1 atom stereocenters. The number of benzene rings is 1. The third kappa shape index (κ3) is 1.99. The number of hydrogen-bond acceptors (Lipinski definition) is 2. The molecule has 0 aliphatic heterocycles. The molecule has 1 aliphatic carbocycles. The molecule has 1 N–H and O–H groups in total. The van der Waals surface area contributed by atoms with Crippen molar-refractivity contribution in [2.45, 2.75) is 40.2 Å². The average Bonchev–Trinajstić information content (AvgIpc) is 2.83. The summed E-state index contributed by atoms with van der Waals surface area (Å²) in [4.78, 5) is 16.1. The van der Waals surface area contributed by atoms with Crippen molar-refractivity contribution in [2.75, 3.05) is 0 Å². The topological polar surface area (TPSA) is 55.1 Å². The molecule has 106 valence electrons. The first kappa shape index (κ1) is 13.2. The Labute approximate surface area is 118 Å². The van der Waals surface area contributed by atoms with Gasteiger partial charge in [-0.25, -0.2) is 9.78 Å². The van der Waals surface area contributed by atoms with Crippen LogP contribution in [0.25, 0.3) is 11.0 Å². The van der Waals surface area contributed by atoms with Crippen LogP contribution in [0.15, 0.2) is 18.2 Å². The lowest BCUT2D eigenvalue weighted by atomic mass is 10.1. The van der Waals surface area contributed by atoms with E-state index in [1.165, 1.54) is 6.42 Å². The molecule has 1 aromatic heterocycles. The van der Waals surface area contributed by atoms with Crippen molar-refractivity contribution in [3.05, 3.63) is 29.6 Å². The maximum Gasteiger partial charge on any atom is 0.337 e. The van der Waals surface area contributed by atoms with Crippen molar-refractivity contribution in [3.8, 4) is 0 Å². The standard InChI is InChI=1S/C16H20N2O2/c1-4-13-17-12-7-5-6-11(15(19)20)14(12)18(13)9-10-8-16(10,2)3/h5-7,10H,4,8-9H2,1-3H3,(H,19,20).